The van der Waals surface area contributed by atoms with Gasteiger partial charge in [-0.2, -0.15) is 13.2 Å². The lowest BCUT2D eigenvalue weighted by atomic mass is 10.2. The number of amides is 1. The van der Waals surface area contributed by atoms with Crippen LogP contribution in [0.5, 0.6) is 0 Å². The lowest BCUT2D eigenvalue weighted by Crippen LogP contribution is -2.22. The quantitative estimate of drug-likeness (QED) is 0.847. The highest BCUT2D eigenvalue weighted by Gasteiger charge is 2.40. The van der Waals surface area contributed by atoms with Gasteiger partial charge >= 0.3 is 6.18 Å². The molecule has 3 nitrogen and oxygen atoms in total. The van der Waals surface area contributed by atoms with E-state index in [9.17, 15) is 22.8 Å². The molecule has 0 saturated heterocycles. The fourth-order valence-electron chi connectivity index (χ4n) is 1.59. The Bertz CT molecular complexity index is 695. The van der Waals surface area contributed by atoms with Crippen molar-refractivity contribution in [2.45, 2.75) is 12.7 Å². The number of hydrogen-bond acceptors (Lipinski definition) is 3. The van der Waals surface area contributed by atoms with Crippen molar-refractivity contribution < 1.29 is 22.8 Å². The lowest BCUT2D eigenvalue weighted by Gasteiger charge is -2.04. The standard InChI is InChI=1S/C14H9ClF3NO2S/c15-9-3-1-8(2-4-9)7-19-13(21)11-6-5-10(22-11)12(20)14(16,17)18/h1-6H,7H2,(H,19,21). The normalized spacial score (nSPS) is 11.3. The minimum absolute atomic E-state index is 0.0431. The second-order valence-corrected chi connectivity index (χ2v) is 5.82. The van der Waals surface area contributed by atoms with Gasteiger partial charge in [0.2, 0.25) is 0 Å². The van der Waals surface area contributed by atoms with E-state index in [1.54, 1.807) is 24.3 Å². The van der Waals surface area contributed by atoms with Crippen molar-refractivity contribution in [1.82, 2.24) is 5.32 Å². The van der Waals surface area contributed by atoms with Crippen LogP contribution in [0, 0.1) is 0 Å². The molecule has 1 heterocycles. The average Bonchev–Trinajstić information content (AvgIpc) is 2.94. The maximum Gasteiger partial charge on any atom is 0.455 e. The highest BCUT2D eigenvalue weighted by atomic mass is 35.5. The topological polar surface area (TPSA) is 46.2 Å². The van der Waals surface area contributed by atoms with Crippen molar-refractivity contribution in [3.63, 3.8) is 0 Å². The van der Waals surface area contributed by atoms with Gasteiger partial charge < -0.3 is 5.32 Å². The summed E-state index contributed by atoms with van der Waals surface area (Å²) in [4.78, 5) is 22.4. The second-order valence-electron chi connectivity index (χ2n) is 4.30. The van der Waals surface area contributed by atoms with Crippen LogP contribution < -0.4 is 5.32 Å². The summed E-state index contributed by atoms with van der Waals surface area (Å²) in [7, 11) is 0. The van der Waals surface area contributed by atoms with E-state index in [0.29, 0.717) is 16.4 Å². The van der Waals surface area contributed by atoms with Crippen LogP contribution in [0.15, 0.2) is 36.4 Å². The Morgan fingerprint density at radius 3 is 2.23 bits per heavy atom. The van der Waals surface area contributed by atoms with E-state index in [1.165, 1.54) is 6.07 Å². The predicted octanol–water partition coefficient (Wildman–Crippen LogP) is 4.08. The summed E-state index contributed by atoms with van der Waals surface area (Å²) in [5.74, 6) is -2.49. The zero-order valence-corrected chi connectivity index (χ0v) is 12.5. The molecule has 0 radical (unpaired) electrons. The largest absolute Gasteiger partial charge is 0.455 e. The molecule has 0 saturated carbocycles. The molecule has 116 valence electrons. The van der Waals surface area contributed by atoms with Gasteiger partial charge in [0.25, 0.3) is 11.7 Å². The van der Waals surface area contributed by atoms with Crippen molar-refractivity contribution in [2.75, 3.05) is 0 Å². The van der Waals surface area contributed by atoms with Gasteiger partial charge in [-0.1, -0.05) is 23.7 Å². The van der Waals surface area contributed by atoms with Gasteiger partial charge in [0, 0.05) is 11.6 Å². The van der Waals surface area contributed by atoms with E-state index >= 15 is 0 Å². The SMILES string of the molecule is O=C(NCc1ccc(Cl)cc1)c1ccc(C(=O)C(F)(F)F)s1. The third kappa shape index (κ3) is 4.08. The predicted molar refractivity (Wildman–Crippen MR) is 77.3 cm³/mol. The summed E-state index contributed by atoms with van der Waals surface area (Å²) >= 11 is 6.24. The van der Waals surface area contributed by atoms with Crippen molar-refractivity contribution in [3.8, 4) is 0 Å². The number of hydrogen-bond donors (Lipinski definition) is 1. The Morgan fingerprint density at radius 1 is 1.05 bits per heavy atom. The minimum atomic E-state index is -4.94. The summed E-state index contributed by atoms with van der Waals surface area (Å²) in [5, 5.41) is 3.12. The molecule has 8 heteroatoms. The van der Waals surface area contributed by atoms with Gasteiger partial charge in [0.1, 0.15) is 0 Å². The lowest BCUT2D eigenvalue weighted by molar-refractivity contribution is -0.0882. The zero-order valence-electron chi connectivity index (χ0n) is 10.9. The average molecular weight is 348 g/mol. The summed E-state index contributed by atoms with van der Waals surface area (Å²) < 4.78 is 36.9. The molecule has 0 aliphatic rings. The Morgan fingerprint density at radius 2 is 1.64 bits per heavy atom. The number of benzene rings is 1. The molecule has 2 rings (SSSR count). The highest BCUT2D eigenvalue weighted by Crippen LogP contribution is 2.26. The molecule has 0 unspecified atom stereocenters. The molecular formula is C14H9ClF3NO2S. The van der Waals surface area contributed by atoms with Crippen molar-refractivity contribution in [2.24, 2.45) is 0 Å². The first kappa shape index (κ1) is 16.5. The molecule has 1 aromatic heterocycles. The molecule has 0 spiro atoms. The highest BCUT2D eigenvalue weighted by molar-refractivity contribution is 7.16. The van der Waals surface area contributed by atoms with Crippen molar-refractivity contribution in [1.29, 1.82) is 0 Å². The van der Waals surface area contributed by atoms with E-state index in [1.807, 2.05) is 0 Å². The molecule has 0 aliphatic heterocycles. The Kier molecular flexibility index (Phi) is 4.87. The van der Waals surface area contributed by atoms with Crippen LogP contribution in [0.3, 0.4) is 0 Å². The Labute approximate surface area is 132 Å². The fourth-order valence-corrected chi connectivity index (χ4v) is 2.60. The number of carbonyl (C=O) groups excluding carboxylic acids is 2. The first-order valence-electron chi connectivity index (χ1n) is 6.01. The van der Waals surface area contributed by atoms with Gasteiger partial charge in [-0.3, -0.25) is 9.59 Å². The molecule has 1 N–H and O–H groups in total. The molecule has 1 aromatic carbocycles. The molecule has 2 aromatic rings. The molecule has 1 amide bonds. The van der Waals surface area contributed by atoms with Gasteiger partial charge in [-0.05, 0) is 29.8 Å². The summed E-state index contributed by atoms with van der Waals surface area (Å²) in [6, 6.07) is 8.95. The molecule has 0 bridgehead atoms. The number of thiophene rings is 1. The van der Waals surface area contributed by atoms with E-state index in [2.05, 4.69) is 5.32 Å². The van der Waals surface area contributed by atoms with Gasteiger partial charge in [0.05, 0.1) is 9.75 Å². The monoisotopic (exact) mass is 347 g/mol. The summed E-state index contributed by atoms with van der Waals surface area (Å²) in [6.07, 6.45) is -4.94. The van der Waals surface area contributed by atoms with Crippen LogP contribution in [0.2, 0.25) is 5.02 Å². The molecule has 0 fully saturated rings. The maximum atomic E-state index is 12.3. The number of ketones is 1. The van der Waals surface area contributed by atoms with Crippen LogP contribution in [-0.4, -0.2) is 17.9 Å². The maximum absolute atomic E-state index is 12.3. The van der Waals surface area contributed by atoms with Gasteiger partial charge in [-0.25, -0.2) is 0 Å². The van der Waals surface area contributed by atoms with Crippen LogP contribution in [0.1, 0.15) is 24.9 Å². The number of rotatable bonds is 4. The molecule has 0 aliphatic carbocycles. The van der Waals surface area contributed by atoms with Crippen LogP contribution in [0.25, 0.3) is 0 Å². The van der Waals surface area contributed by atoms with Crippen LogP contribution in [-0.2, 0) is 6.54 Å². The molecular weight excluding hydrogens is 339 g/mol. The zero-order chi connectivity index (χ0) is 16.3. The second kappa shape index (κ2) is 6.50. The van der Waals surface area contributed by atoms with E-state index in [-0.39, 0.29) is 11.4 Å². The van der Waals surface area contributed by atoms with Gasteiger partial charge in [-0.15, -0.1) is 11.3 Å². The summed E-state index contributed by atoms with van der Waals surface area (Å²) in [5.41, 5.74) is 0.792. The van der Waals surface area contributed by atoms with Crippen LogP contribution in [0.4, 0.5) is 13.2 Å². The van der Waals surface area contributed by atoms with Crippen molar-refractivity contribution >= 4 is 34.6 Å². The molecule has 0 atom stereocenters. The smallest absolute Gasteiger partial charge is 0.347 e. The minimum Gasteiger partial charge on any atom is -0.347 e. The summed E-state index contributed by atoms with van der Waals surface area (Å²) in [6.45, 7) is 0.205. The van der Waals surface area contributed by atoms with Crippen molar-refractivity contribution in [3.05, 3.63) is 56.7 Å². The third-order valence-corrected chi connectivity index (χ3v) is 4.01. The number of carbonyl (C=O) groups is 2. The van der Waals surface area contributed by atoms with Crippen LogP contribution >= 0.6 is 22.9 Å². The third-order valence-electron chi connectivity index (χ3n) is 2.68. The number of alkyl halides is 3. The van der Waals surface area contributed by atoms with Gasteiger partial charge in [0.15, 0.2) is 0 Å². The first-order valence-corrected chi connectivity index (χ1v) is 7.21. The first-order chi connectivity index (χ1) is 10.3. The van der Waals surface area contributed by atoms with E-state index < -0.39 is 22.7 Å². The Balaban J connectivity index is 2.00. The van der Waals surface area contributed by atoms with E-state index in [4.69, 9.17) is 11.6 Å². The number of halogens is 4. The molecule has 22 heavy (non-hydrogen) atoms. The number of nitrogens with one attached hydrogen (secondary N) is 1. The fraction of sp³-hybridized carbons (Fsp3) is 0.143. The van der Waals surface area contributed by atoms with E-state index in [0.717, 1.165) is 11.6 Å². The number of Topliss-reactive ketones (excluding diaryl/α,β-unsaturated/α-hetero) is 1. The Hall–Kier alpha value is -1.86.